The Hall–Kier alpha value is -1.70. The predicted molar refractivity (Wildman–Crippen MR) is 148 cm³/mol. The Bertz CT molecular complexity index is 1070. The summed E-state index contributed by atoms with van der Waals surface area (Å²) in [5.74, 6) is 1.91. The molecular formula is C28H42ClN3O3S. The normalized spacial score (nSPS) is 26.2. The van der Waals surface area contributed by atoms with Gasteiger partial charge in [0.15, 0.2) is 15.6 Å². The van der Waals surface area contributed by atoms with Crippen molar-refractivity contribution in [2.24, 2.45) is 5.92 Å². The van der Waals surface area contributed by atoms with Gasteiger partial charge in [0.1, 0.15) is 4.90 Å². The van der Waals surface area contributed by atoms with Crippen LogP contribution in [-0.2, 0) is 9.84 Å². The van der Waals surface area contributed by atoms with E-state index in [0.29, 0.717) is 30.4 Å². The number of sulfone groups is 1. The van der Waals surface area contributed by atoms with Crippen molar-refractivity contribution in [2.75, 3.05) is 25.5 Å². The van der Waals surface area contributed by atoms with Gasteiger partial charge in [0, 0.05) is 12.1 Å². The quantitative estimate of drug-likeness (QED) is 0.390. The first-order valence-corrected chi connectivity index (χ1v) is 15.4. The Morgan fingerprint density at radius 1 is 1.14 bits per heavy atom. The fraction of sp³-hybridized carbons (Fsp3) is 0.643. The number of methoxy groups -OCH3 is 1. The maximum absolute atomic E-state index is 13.5. The molecule has 6 nitrogen and oxygen atoms in total. The minimum absolute atomic E-state index is 0.0799. The predicted octanol–water partition coefficient (Wildman–Crippen LogP) is 6.14. The zero-order valence-electron chi connectivity index (χ0n) is 22.0. The highest BCUT2D eigenvalue weighted by molar-refractivity contribution is 7.92. The highest BCUT2D eigenvalue weighted by Crippen LogP contribution is 2.44. The summed E-state index contributed by atoms with van der Waals surface area (Å²) in [6, 6.07) is 3.95. The summed E-state index contributed by atoms with van der Waals surface area (Å²) in [5, 5.41) is 6.32. The average Bonchev–Trinajstić information content (AvgIpc) is 3.44. The van der Waals surface area contributed by atoms with Crippen LogP contribution < -0.4 is 15.4 Å². The molecule has 0 radical (unpaired) electrons. The summed E-state index contributed by atoms with van der Waals surface area (Å²) < 4.78 is 32.5. The molecule has 1 aliphatic heterocycles. The minimum atomic E-state index is -3.61. The van der Waals surface area contributed by atoms with Gasteiger partial charge in [-0.25, -0.2) is 8.42 Å². The van der Waals surface area contributed by atoms with E-state index in [0.717, 1.165) is 31.8 Å². The van der Waals surface area contributed by atoms with E-state index in [1.807, 2.05) is 0 Å². The van der Waals surface area contributed by atoms with Crippen molar-refractivity contribution in [3.05, 3.63) is 41.2 Å². The van der Waals surface area contributed by atoms with E-state index in [9.17, 15) is 8.42 Å². The number of likely N-dealkylation sites (tertiary alicyclic amines) is 1. The minimum Gasteiger partial charge on any atom is -0.493 e. The van der Waals surface area contributed by atoms with Gasteiger partial charge in [0.05, 0.1) is 28.9 Å². The van der Waals surface area contributed by atoms with Crippen molar-refractivity contribution in [1.29, 1.82) is 0 Å². The topological polar surface area (TPSA) is 70.7 Å². The molecule has 2 saturated carbocycles. The van der Waals surface area contributed by atoms with Crippen LogP contribution in [0.5, 0.6) is 5.75 Å². The second kappa shape index (κ2) is 11.8. The van der Waals surface area contributed by atoms with Crippen molar-refractivity contribution < 1.29 is 13.2 Å². The molecular weight excluding hydrogens is 494 g/mol. The van der Waals surface area contributed by atoms with Crippen LogP contribution in [0.4, 0.5) is 5.69 Å². The number of hydrogen-bond donors (Lipinski definition) is 2. The lowest BCUT2D eigenvalue weighted by atomic mass is 9.88. The van der Waals surface area contributed by atoms with E-state index in [4.69, 9.17) is 16.3 Å². The van der Waals surface area contributed by atoms with Crippen molar-refractivity contribution in [3.63, 3.8) is 0 Å². The standard InChI is InChI=1S/C23H32ClN3O3S.C5H10/c1-15-7-6-8-20(15)25-16(2)26-21-10-9-19(24)23(22(21)30-3)31(28,29)18-13-17(14-18)27-11-4-5-12-27;1-5-3-2-4-5/h7,9-10,17-18,20,25-26H,2,4-6,8,11-14H2,1,3H3;5H,2-4H2,1H3. The molecule has 0 amide bonds. The lowest BCUT2D eigenvalue weighted by molar-refractivity contribution is 0.161. The number of nitrogens with one attached hydrogen (secondary N) is 2. The van der Waals surface area contributed by atoms with Crippen LogP contribution in [0.1, 0.15) is 71.6 Å². The Kier molecular flexibility index (Phi) is 8.95. The van der Waals surface area contributed by atoms with Crippen LogP contribution in [0.25, 0.3) is 0 Å². The molecule has 36 heavy (non-hydrogen) atoms. The maximum atomic E-state index is 13.5. The molecule has 1 heterocycles. The fourth-order valence-corrected chi connectivity index (χ4v) is 8.07. The molecule has 1 atom stereocenters. The third-order valence-corrected chi connectivity index (χ3v) is 10.9. The Labute approximate surface area is 222 Å². The van der Waals surface area contributed by atoms with E-state index < -0.39 is 15.1 Å². The van der Waals surface area contributed by atoms with Gasteiger partial charge in [0.25, 0.3) is 0 Å². The van der Waals surface area contributed by atoms with E-state index in [1.54, 1.807) is 12.1 Å². The van der Waals surface area contributed by atoms with E-state index in [-0.39, 0.29) is 21.7 Å². The molecule has 2 N–H and O–H groups in total. The Morgan fingerprint density at radius 2 is 1.81 bits per heavy atom. The Balaban J connectivity index is 0.000000543. The van der Waals surface area contributed by atoms with Gasteiger partial charge in [0.2, 0.25) is 0 Å². The highest BCUT2D eigenvalue weighted by atomic mass is 35.5. The zero-order valence-corrected chi connectivity index (χ0v) is 23.6. The molecule has 3 fully saturated rings. The van der Waals surface area contributed by atoms with Gasteiger partial charge in [-0.1, -0.05) is 56.0 Å². The van der Waals surface area contributed by atoms with Crippen LogP contribution in [-0.4, -0.2) is 50.9 Å². The van der Waals surface area contributed by atoms with Gasteiger partial charge >= 0.3 is 0 Å². The average molecular weight is 536 g/mol. The lowest BCUT2D eigenvalue weighted by Crippen LogP contribution is -2.49. The van der Waals surface area contributed by atoms with Crippen molar-refractivity contribution >= 4 is 27.1 Å². The van der Waals surface area contributed by atoms with Crippen molar-refractivity contribution in [2.45, 2.75) is 93.9 Å². The summed E-state index contributed by atoms with van der Waals surface area (Å²) >= 11 is 6.40. The van der Waals surface area contributed by atoms with Crippen LogP contribution in [0, 0.1) is 5.92 Å². The summed E-state index contributed by atoms with van der Waals surface area (Å²) in [7, 11) is -2.13. The second-order valence-electron chi connectivity index (χ2n) is 10.9. The number of rotatable bonds is 8. The zero-order chi connectivity index (χ0) is 25.9. The largest absolute Gasteiger partial charge is 0.493 e. The molecule has 5 rings (SSSR count). The summed E-state index contributed by atoms with van der Waals surface area (Å²) in [6.45, 7) is 10.6. The SMILES string of the molecule is C=C(Nc1ccc(Cl)c(S(=O)(=O)C2CC(N3CCCC3)C2)c1OC)NC1CCC=C1C.CC1CCC1. The molecule has 1 saturated heterocycles. The molecule has 0 aromatic heterocycles. The third-order valence-electron chi connectivity index (χ3n) is 8.22. The van der Waals surface area contributed by atoms with Crippen LogP contribution >= 0.6 is 11.6 Å². The second-order valence-corrected chi connectivity index (χ2v) is 13.4. The molecule has 0 spiro atoms. The smallest absolute Gasteiger partial charge is 0.186 e. The van der Waals surface area contributed by atoms with E-state index in [1.165, 1.54) is 44.8 Å². The van der Waals surface area contributed by atoms with Gasteiger partial charge < -0.3 is 20.3 Å². The third kappa shape index (κ3) is 6.05. The van der Waals surface area contributed by atoms with Gasteiger partial charge in [-0.15, -0.1) is 0 Å². The summed E-state index contributed by atoms with van der Waals surface area (Å²) in [5.41, 5.74) is 1.82. The first kappa shape index (κ1) is 27.3. The van der Waals surface area contributed by atoms with Gasteiger partial charge in [-0.2, -0.15) is 0 Å². The van der Waals surface area contributed by atoms with E-state index >= 15 is 0 Å². The van der Waals surface area contributed by atoms with E-state index in [2.05, 4.69) is 42.0 Å². The van der Waals surface area contributed by atoms with Crippen LogP contribution in [0.2, 0.25) is 5.02 Å². The van der Waals surface area contributed by atoms with Crippen LogP contribution in [0.15, 0.2) is 41.1 Å². The molecule has 200 valence electrons. The summed E-state index contributed by atoms with van der Waals surface area (Å²) in [4.78, 5) is 2.49. The number of hydrogen-bond acceptors (Lipinski definition) is 6. The highest BCUT2D eigenvalue weighted by Gasteiger charge is 2.44. The molecule has 3 aliphatic carbocycles. The molecule has 1 aromatic carbocycles. The number of halogens is 1. The van der Waals surface area contributed by atoms with Crippen molar-refractivity contribution in [3.8, 4) is 5.75 Å². The number of nitrogens with zero attached hydrogens (tertiary/aromatic N) is 1. The first-order valence-electron chi connectivity index (χ1n) is 13.4. The van der Waals surface area contributed by atoms with Gasteiger partial charge in [-0.3, -0.25) is 0 Å². The summed E-state index contributed by atoms with van der Waals surface area (Å²) in [6.07, 6.45) is 12.5. The molecule has 4 aliphatic rings. The number of benzene rings is 1. The fourth-order valence-electron chi connectivity index (χ4n) is 5.52. The first-order chi connectivity index (χ1) is 17.2. The van der Waals surface area contributed by atoms with Crippen molar-refractivity contribution in [1.82, 2.24) is 10.2 Å². The number of allylic oxidation sites excluding steroid dienone is 1. The molecule has 1 unspecified atom stereocenters. The van der Waals surface area contributed by atoms with Gasteiger partial charge in [-0.05, 0) is 76.6 Å². The molecule has 8 heteroatoms. The maximum Gasteiger partial charge on any atom is 0.186 e. The molecule has 0 bridgehead atoms. The molecule has 1 aromatic rings. The van der Waals surface area contributed by atoms with Crippen LogP contribution in [0.3, 0.4) is 0 Å². The monoisotopic (exact) mass is 535 g/mol. The number of ether oxygens (including phenoxy) is 1. The Morgan fingerprint density at radius 3 is 2.33 bits per heavy atom. The number of anilines is 1. The lowest BCUT2D eigenvalue weighted by Gasteiger charge is -2.40.